The molecule has 152 valence electrons. The molecule has 1 N–H and O–H groups in total. The Balaban J connectivity index is 1.97. The van der Waals surface area contributed by atoms with Crippen LogP contribution in [0.15, 0.2) is 48.0 Å². The van der Waals surface area contributed by atoms with E-state index >= 15 is 0 Å². The predicted molar refractivity (Wildman–Crippen MR) is 112 cm³/mol. The number of nitrogens with zero attached hydrogens (tertiary/aromatic N) is 3. The summed E-state index contributed by atoms with van der Waals surface area (Å²) in [5.74, 6) is -2.35. The number of anilines is 1. The number of benzene rings is 2. The van der Waals surface area contributed by atoms with Crippen molar-refractivity contribution < 1.29 is 19.1 Å². The van der Waals surface area contributed by atoms with E-state index in [9.17, 15) is 19.1 Å². The van der Waals surface area contributed by atoms with Crippen molar-refractivity contribution in [3.05, 3.63) is 81.1 Å². The summed E-state index contributed by atoms with van der Waals surface area (Å²) in [4.78, 5) is 27.2. The summed E-state index contributed by atoms with van der Waals surface area (Å²) < 4.78 is 13.5. The number of hydrogen-bond donors (Lipinski definition) is 1. The Hall–Kier alpha value is -3.39. The molecule has 0 bridgehead atoms. The Morgan fingerprint density at radius 1 is 1.07 bits per heavy atom. The van der Waals surface area contributed by atoms with Gasteiger partial charge in [0.25, 0.3) is 5.78 Å². The molecule has 1 aliphatic heterocycles. The third-order valence-electron chi connectivity index (χ3n) is 5.00. The zero-order valence-electron chi connectivity index (χ0n) is 16.5. The lowest BCUT2D eigenvalue weighted by Gasteiger charge is -2.22. The van der Waals surface area contributed by atoms with Crippen LogP contribution in [0.25, 0.3) is 5.76 Å². The largest absolute Gasteiger partial charge is 0.507 e. The quantitative estimate of drug-likeness (QED) is 0.387. The first-order valence-electron chi connectivity index (χ1n) is 9.22. The van der Waals surface area contributed by atoms with Crippen LogP contribution in [0.5, 0.6) is 0 Å². The van der Waals surface area contributed by atoms with Crippen molar-refractivity contribution in [2.45, 2.75) is 26.8 Å². The molecule has 1 aliphatic rings. The highest BCUT2D eigenvalue weighted by molar-refractivity contribution is 7.15. The third kappa shape index (κ3) is 3.29. The number of Topliss-reactive ketones (excluding diaryl/α,β-unsaturated/α-hetero) is 1. The molecule has 6 nitrogen and oxygen atoms in total. The van der Waals surface area contributed by atoms with Gasteiger partial charge in [0.1, 0.15) is 16.6 Å². The lowest BCUT2D eigenvalue weighted by Crippen LogP contribution is -2.29. The second-order valence-corrected chi connectivity index (χ2v) is 8.30. The highest BCUT2D eigenvalue weighted by Gasteiger charge is 2.48. The summed E-state index contributed by atoms with van der Waals surface area (Å²) in [6.45, 7) is 5.42. The van der Waals surface area contributed by atoms with Crippen LogP contribution in [0.4, 0.5) is 9.52 Å². The molecule has 0 radical (unpaired) electrons. The minimum absolute atomic E-state index is 0.0619. The highest BCUT2D eigenvalue weighted by atomic mass is 32.1. The van der Waals surface area contributed by atoms with Gasteiger partial charge in [0, 0.05) is 5.56 Å². The summed E-state index contributed by atoms with van der Waals surface area (Å²) in [7, 11) is 0. The van der Waals surface area contributed by atoms with Gasteiger partial charge in [0.05, 0.1) is 11.6 Å². The number of amides is 1. The van der Waals surface area contributed by atoms with Crippen molar-refractivity contribution in [2.75, 3.05) is 4.90 Å². The fourth-order valence-electron chi connectivity index (χ4n) is 3.51. The number of aliphatic hydroxyl groups is 1. The van der Waals surface area contributed by atoms with E-state index in [1.54, 1.807) is 13.0 Å². The molecule has 1 unspecified atom stereocenters. The van der Waals surface area contributed by atoms with Gasteiger partial charge < -0.3 is 5.11 Å². The topological polar surface area (TPSA) is 83.4 Å². The molecule has 1 saturated heterocycles. The van der Waals surface area contributed by atoms with E-state index < -0.39 is 23.5 Å². The second-order valence-electron chi connectivity index (χ2n) is 7.14. The maximum atomic E-state index is 13.5. The molecular formula is C22H18FN3O3S. The number of aliphatic hydroxyl groups excluding tert-OH is 1. The number of carbonyl (C=O) groups is 2. The van der Waals surface area contributed by atoms with E-state index in [-0.39, 0.29) is 16.5 Å². The average Bonchev–Trinajstić information content (AvgIpc) is 3.25. The van der Waals surface area contributed by atoms with Gasteiger partial charge in [-0.05, 0) is 50.1 Å². The van der Waals surface area contributed by atoms with Gasteiger partial charge in [-0.15, -0.1) is 10.2 Å². The summed E-state index contributed by atoms with van der Waals surface area (Å²) in [6, 6.07) is 10.0. The molecule has 1 amide bonds. The van der Waals surface area contributed by atoms with Gasteiger partial charge in [-0.25, -0.2) is 4.39 Å². The Bertz CT molecular complexity index is 1200. The van der Waals surface area contributed by atoms with E-state index in [4.69, 9.17) is 0 Å². The number of ketones is 1. The van der Waals surface area contributed by atoms with Gasteiger partial charge in [-0.1, -0.05) is 41.2 Å². The smallest absolute Gasteiger partial charge is 0.301 e. The summed E-state index contributed by atoms with van der Waals surface area (Å²) in [5, 5.41) is 20.0. The van der Waals surface area contributed by atoms with Crippen molar-refractivity contribution in [1.82, 2.24) is 10.2 Å². The zero-order chi connectivity index (χ0) is 21.6. The van der Waals surface area contributed by atoms with Gasteiger partial charge in [0.15, 0.2) is 0 Å². The number of aryl methyl sites for hydroxylation is 3. The predicted octanol–water partition coefficient (Wildman–Crippen LogP) is 4.23. The molecule has 0 spiro atoms. The van der Waals surface area contributed by atoms with Gasteiger partial charge in [-0.3, -0.25) is 14.5 Å². The van der Waals surface area contributed by atoms with Crippen molar-refractivity contribution >= 4 is 33.9 Å². The molecule has 0 saturated carbocycles. The van der Waals surface area contributed by atoms with Crippen LogP contribution >= 0.6 is 11.3 Å². The lowest BCUT2D eigenvalue weighted by molar-refractivity contribution is -0.132. The Morgan fingerprint density at radius 3 is 2.40 bits per heavy atom. The van der Waals surface area contributed by atoms with Crippen LogP contribution in [0, 0.1) is 26.6 Å². The molecule has 1 atom stereocenters. The fraction of sp³-hybridized carbons (Fsp3) is 0.182. The summed E-state index contributed by atoms with van der Waals surface area (Å²) in [6.07, 6.45) is 0. The Labute approximate surface area is 176 Å². The SMILES string of the molecule is Cc1ccc(C)c(/C(O)=C2\C(=O)C(=O)N(c3nnc(C)s3)C2c2ccc(F)cc2)c1. The van der Waals surface area contributed by atoms with Crippen LogP contribution < -0.4 is 4.90 Å². The number of hydrogen-bond acceptors (Lipinski definition) is 6. The zero-order valence-corrected chi connectivity index (χ0v) is 17.3. The highest BCUT2D eigenvalue weighted by Crippen LogP contribution is 2.43. The van der Waals surface area contributed by atoms with Crippen LogP contribution in [0.1, 0.15) is 33.3 Å². The maximum absolute atomic E-state index is 13.5. The molecule has 8 heteroatoms. The first kappa shape index (κ1) is 19.9. The standard InChI is InChI=1S/C22H18FN3O3S/c1-11-4-5-12(2)16(10-11)19(27)17-18(14-6-8-15(23)9-7-14)26(21(29)20(17)28)22-25-24-13(3)30-22/h4-10,18,27H,1-3H3/b19-17+. The average molecular weight is 423 g/mol. The monoisotopic (exact) mass is 423 g/mol. The molecule has 2 heterocycles. The van der Waals surface area contributed by atoms with E-state index in [0.29, 0.717) is 16.1 Å². The van der Waals surface area contributed by atoms with E-state index in [0.717, 1.165) is 22.5 Å². The van der Waals surface area contributed by atoms with E-state index in [2.05, 4.69) is 10.2 Å². The number of halogens is 1. The third-order valence-corrected chi connectivity index (χ3v) is 5.84. The van der Waals surface area contributed by atoms with Crippen molar-refractivity contribution in [3.63, 3.8) is 0 Å². The van der Waals surface area contributed by atoms with Crippen molar-refractivity contribution in [2.24, 2.45) is 0 Å². The minimum atomic E-state index is -0.946. The normalized spacial score (nSPS) is 18.3. The van der Waals surface area contributed by atoms with Crippen LogP contribution in [0.2, 0.25) is 0 Å². The molecule has 2 aromatic carbocycles. The Kier molecular flexibility index (Phi) is 4.95. The number of carbonyl (C=O) groups excluding carboxylic acids is 2. The molecule has 1 aromatic heterocycles. The van der Waals surface area contributed by atoms with Gasteiger partial charge in [0.2, 0.25) is 5.13 Å². The summed E-state index contributed by atoms with van der Waals surface area (Å²) >= 11 is 1.16. The lowest BCUT2D eigenvalue weighted by atomic mass is 9.93. The van der Waals surface area contributed by atoms with Crippen LogP contribution in [-0.2, 0) is 9.59 Å². The van der Waals surface area contributed by atoms with Crippen molar-refractivity contribution in [3.8, 4) is 0 Å². The van der Waals surface area contributed by atoms with Crippen molar-refractivity contribution in [1.29, 1.82) is 0 Å². The second kappa shape index (κ2) is 7.46. The minimum Gasteiger partial charge on any atom is -0.507 e. The van der Waals surface area contributed by atoms with Gasteiger partial charge >= 0.3 is 5.91 Å². The van der Waals surface area contributed by atoms with Crippen LogP contribution in [0.3, 0.4) is 0 Å². The first-order valence-corrected chi connectivity index (χ1v) is 10.0. The first-order chi connectivity index (χ1) is 14.3. The maximum Gasteiger partial charge on any atom is 0.301 e. The molecule has 4 rings (SSSR count). The molecule has 30 heavy (non-hydrogen) atoms. The molecule has 0 aliphatic carbocycles. The molecule has 3 aromatic rings. The fourth-order valence-corrected chi connectivity index (χ4v) is 4.22. The number of aromatic nitrogens is 2. The van der Waals surface area contributed by atoms with Crippen LogP contribution in [-0.4, -0.2) is 27.0 Å². The number of rotatable bonds is 3. The molecular weight excluding hydrogens is 405 g/mol. The van der Waals surface area contributed by atoms with Gasteiger partial charge in [-0.2, -0.15) is 0 Å². The van der Waals surface area contributed by atoms with E-state index in [1.165, 1.54) is 29.2 Å². The summed E-state index contributed by atoms with van der Waals surface area (Å²) in [5.41, 5.74) is 2.54. The molecule has 1 fully saturated rings. The van der Waals surface area contributed by atoms with E-state index in [1.807, 2.05) is 26.0 Å². The Morgan fingerprint density at radius 2 is 1.77 bits per heavy atom.